The van der Waals surface area contributed by atoms with Gasteiger partial charge in [0.25, 0.3) is 0 Å². The van der Waals surface area contributed by atoms with E-state index < -0.39 is 11.8 Å². The van der Waals surface area contributed by atoms with E-state index in [0.29, 0.717) is 29.5 Å². The largest absolute Gasteiger partial charge is 0.489 e. The summed E-state index contributed by atoms with van der Waals surface area (Å²) in [6.07, 6.45) is 3.85. The number of thiazole rings is 1. The summed E-state index contributed by atoms with van der Waals surface area (Å²) in [6.45, 7) is 2.51. The van der Waals surface area contributed by atoms with E-state index >= 15 is 0 Å². The number of ether oxygens (including phenoxy) is 1. The zero-order chi connectivity index (χ0) is 20.2. The number of fused-ring (bicyclic) bond motifs is 1. The van der Waals surface area contributed by atoms with E-state index in [1.165, 1.54) is 16.2 Å². The van der Waals surface area contributed by atoms with Crippen molar-refractivity contribution in [2.24, 2.45) is 0 Å². The fraction of sp³-hybridized carbons (Fsp3) is 0.524. The van der Waals surface area contributed by atoms with Crippen LogP contribution in [0.3, 0.4) is 0 Å². The third-order valence-corrected chi connectivity index (χ3v) is 7.29. The number of nitrogens with zero attached hydrogens (tertiary/aromatic N) is 2. The predicted octanol–water partition coefficient (Wildman–Crippen LogP) is 4.33. The number of carbonyl (C=O) groups is 1. The molecule has 0 radical (unpaired) electrons. The van der Waals surface area contributed by atoms with E-state index in [1.807, 2.05) is 24.4 Å². The van der Waals surface area contributed by atoms with Crippen LogP contribution in [0, 0.1) is 0 Å². The van der Waals surface area contributed by atoms with Gasteiger partial charge in [-0.15, -0.1) is 11.3 Å². The fourth-order valence-corrected chi connectivity index (χ4v) is 5.10. The molecule has 3 heterocycles. The van der Waals surface area contributed by atoms with E-state index in [4.69, 9.17) is 4.74 Å². The highest BCUT2D eigenvalue weighted by Crippen LogP contribution is 2.45. The van der Waals surface area contributed by atoms with Crippen LogP contribution >= 0.6 is 11.3 Å². The highest BCUT2D eigenvalue weighted by atomic mass is 32.1. The van der Waals surface area contributed by atoms with Gasteiger partial charge in [-0.05, 0) is 51.2 Å². The zero-order valence-electron chi connectivity index (χ0n) is 16.3. The van der Waals surface area contributed by atoms with Gasteiger partial charge < -0.3 is 15.2 Å². The van der Waals surface area contributed by atoms with E-state index in [2.05, 4.69) is 10.3 Å². The molecule has 29 heavy (non-hydrogen) atoms. The summed E-state index contributed by atoms with van der Waals surface area (Å²) in [5.41, 5.74) is 1.75. The molecule has 0 bridgehead atoms. The maximum atomic E-state index is 14.8. The van der Waals surface area contributed by atoms with Crippen LogP contribution in [0.5, 0.6) is 5.75 Å². The molecule has 1 aromatic carbocycles. The number of nitrogens with one attached hydrogen (secondary N) is 1. The lowest BCUT2D eigenvalue weighted by Crippen LogP contribution is -2.53. The molecule has 154 valence electrons. The predicted molar refractivity (Wildman–Crippen MR) is 110 cm³/mol. The minimum absolute atomic E-state index is 0.0780. The highest BCUT2D eigenvalue weighted by Gasteiger charge is 2.42. The molecule has 1 atom stereocenters. The molecule has 1 aromatic heterocycles. The second-order valence-electron chi connectivity index (χ2n) is 8.26. The van der Waals surface area contributed by atoms with E-state index in [0.717, 1.165) is 49.0 Å². The number of carboxylic acid groups (broad SMARTS) is 1. The minimum Gasteiger partial charge on any atom is -0.489 e. The Morgan fingerprint density at radius 2 is 2.17 bits per heavy atom. The summed E-state index contributed by atoms with van der Waals surface area (Å²) in [5, 5.41) is 15.1. The van der Waals surface area contributed by atoms with Crippen molar-refractivity contribution in [1.29, 1.82) is 0 Å². The van der Waals surface area contributed by atoms with E-state index in [9.17, 15) is 14.3 Å². The molecule has 5 rings (SSSR count). The van der Waals surface area contributed by atoms with E-state index in [-0.39, 0.29) is 12.1 Å². The summed E-state index contributed by atoms with van der Waals surface area (Å²) in [7, 11) is 0. The van der Waals surface area contributed by atoms with Crippen molar-refractivity contribution in [2.45, 2.75) is 56.8 Å². The summed E-state index contributed by atoms with van der Waals surface area (Å²) in [5.74, 6) is 0.724. The summed E-state index contributed by atoms with van der Waals surface area (Å²) in [6, 6.07) is 3.65. The lowest BCUT2D eigenvalue weighted by Gasteiger charge is -2.36. The van der Waals surface area contributed by atoms with Gasteiger partial charge in [0, 0.05) is 35.6 Å². The Kier molecular flexibility index (Phi) is 4.51. The normalized spacial score (nSPS) is 23.1. The maximum Gasteiger partial charge on any atom is 0.412 e. The molecule has 6 nitrogen and oxygen atoms in total. The van der Waals surface area contributed by atoms with Crippen molar-refractivity contribution < 1.29 is 19.0 Å². The molecule has 2 fully saturated rings. The second-order valence-corrected chi connectivity index (χ2v) is 9.12. The van der Waals surface area contributed by atoms with Gasteiger partial charge in [-0.3, -0.25) is 4.90 Å². The number of benzene rings is 1. The van der Waals surface area contributed by atoms with Crippen LogP contribution in [0.25, 0.3) is 11.3 Å². The average molecular weight is 418 g/mol. The average Bonchev–Trinajstić information content (AvgIpc) is 3.12. The SMILES string of the molecule is C[C@H]1CCc2c(ccc(-c3csc(C4(F)CNC4)n3)c2OC2CCC2)N1C(=O)O. The number of hydrogen-bond acceptors (Lipinski definition) is 5. The van der Waals surface area contributed by atoms with Gasteiger partial charge in [0.2, 0.25) is 0 Å². The number of aromatic nitrogens is 1. The quantitative estimate of drug-likeness (QED) is 0.775. The van der Waals surface area contributed by atoms with Crippen molar-refractivity contribution >= 4 is 23.1 Å². The molecule has 1 saturated heterocycles. The fourth-order valence-electron chi connectivity index (χ4n) is 4.19. The smallest absolute Gasteiger partial charge is 0.412 e. The van der Waals surface area contributed by atoms with Crippen LogP contribution < -0.4 is 15.0 Å². The summed E-state index contributed by atoms with van der Waals surface area (Å²) >= 11 is 1.33. The zero-order valence-corrected chi connectivity index (χ0v) is 17.1. The molecule has 8 heteroatoms. The number of amides is 1. The summed E-state index contributed by atoms with van der Waals surface area (Å²) < 4.78 is 21.2. The Morgan fingerprint density at radius 3 is 2.79 bits per heavy atom. The lowest BCUT2D eigenvalue weighted by atomic mass is 9.92. The minimum atomic E-state index is -1.39. The first kappa shape index (κ1) is 18.8. The number of halogens is 1. The van der Waals surface area contributed by atoms with Gasteiger partial charge in [0.05, 0.1) is 17.5 Å². The topological polar surface area (TPSA) is 74.7 Å². The summed E-state index contributed by atoms with van der Waals surface area (Å²) in [4.78, 5) is 17.9. The first-order valence-corrected chi connectivity index (χ1v) is 11.0. The third-order valence-electron chi connectivity index (χ3n) is 6.26. The van der Waals surface area contributed by atoms with Crippen molar-refractivity contribution in [3.63, 3.8) is 0 Å². The van der Waals surface area contributed by atoms with Crippen molar-refractivity contribution in [3.05, 3.63) is 28.1 Å². The van der Waals surface area contributed by atoms with Gasteiger partial charge in [-0.25, -0.2) is 14.2 Å². The highest BCUT2D eigenvalue weighted by molar-refractivity contribution is 7.10. The van der Waals surface area contributed by atoms with Crippen LogP contribution in [0.1, 0.15) is 43.2 Å². The molecule has 2 aliphatic heterocycles. The molecule has 1 saturated carbocycles. The van der Waals surface area contributed by atoms with Gasteiger partial charge in [-0.2, -0.15) is 0 Å². The molecule has 1 amide bonds. The first-order chi connectivity index (χ1) is 14.0. The maximum absolute atomic E-state index is 14.8. The Bertz CT molecular complexity index is 955. The molecule has 3 aliphatic rings. The number of alkyl halides is 1. The van der Waals surface area contributed by atoms with Crippen LogP contribution in [0.2, 0.25) is 0 Å². The molecule has 2 aromatic rings. The lowest BCUT2D eigenvalue weighted by molar-refractivity contribution is 0.0888. The number of rotatable bonds is 4. The van der Waals surface area contributed by atoms with Gasteiger partial charge >= 0.3 is 6.09 Å². The van der Waals surface area contributed by atoms with Crippen molar-refractivity contribution in [1.82, 2.24) is 10.3 Å². The van der Waals surface area contributed by atoms with Gasteiger partial charge in [0.1, 0.15) is 10.8 Å². The second kappa shape index (κ2) is 6.95. The van der Waals surface area contributed by atoms with Crippen LogP contribution in [0.4, 0.5) is 14.9 Å². The Labute approximate surface area is 172 Å². The molecule has 0 unspecified atom stereocenters. The van der Waals surface area contributed by atoms with Crippen molar-refractivity contribution in [3.8, 4) is 17.0 Å². The molecular formula is C21H24FN3O3S. The van der Waals surface area contributed by atoms with Crippen LogP contribution in [0.15, 0.2) is 17.5 Å². The Balaban J connectivity index is 1.59. The number of hydrogen-bond donors (Lipinski definition) is 2. The Hall–Kier alpha value is -2.19. The standard InChI is InChI=1S/C21H24FN3O3S/c1-12-5-6-15-17(25(12)20(26)27)8-7-14(18(15)28-13-3-2-4-13)16-9-29-19(24-16)21(22)10-23-11-21/h7-9,12-13,23H,2-6,10-11H2,1H3,(H,26,27)/t12-/m0/s1. The first-order valence-electron chi connectivity index (χ1n) is 10.2. The van der Waals surface area contributed by atoms with E-state index in [1.54, 1.807) is 0 Å². The molecule has 0 spiro atoms. The van der Waals surface area contributed by atoms with Crippen LogP contribution in [-0.4, -0.2) is 41.4 Å². The van der Waals surface area contributed by atoms with Gasteiger partial charge in [-0.1, -0.05) is 0 Å². The molecule has 1 aliphatic carbocycles. The monoisotopic (exact) mass is 417 g/mol. The van der Waals surface area contributed by atoms with Crippen LogP contribution in [-0.2, 0) is 12.1 Å². The Morgan fingerprint density at radius 1 is 1.38 bits per heavy atom. The van der Waals surface area contributed by atoms with Crippen molar-refractivity contribution in [2.75, 3.05) is 18.0 Å². The number of anilines is 1. The molecule has 2 N–H and O–H groups in total. The third kappa shape index (κ3) is 3.09. The molecular weight excluding hydrogens is 393 g/mol. The van der Waals surface area contributed by atoms with Gasteiger partial charge in [0.15, 0.2) is 5.67 Å².